The fraction of sp³-hybridized carbons (Fsp3) is 0.500. The fourth-order valence-electron chi connectivity index (χ4n) is 5.39. The molecule has 192 valence electrons. The average molecular weight is 491 g/mol. The Labute approximate surface area is 212 Å². The first-order valence-corrected chi connectivity index (χ1v) is 13.0. The molecule has 8 nitrogen and oxygen atoms in total. The Hall–Kier alpha value is -3.42. The van der Waals surface area contributed by atoms with Crippen molar-refractivity contribution in [2.45, 2.75) is 59.3 Å². The minimum absolute atomic E-state index is 0.101. The summed E-state index contributed by atoms with van der Waals surface area (Å²) in [5.41, 5.74) is 17.3. The van der Waals surface area contributed by atoms with E-state index in [0.717, 1.165) is 35.9 Å². The number of primary amides is 1. The predicted molar refractivity (Wildman–Crippen MR) is 143 cm³/mol. The molecule has 0 bridgehead atoms. The van der Waals surface area contributed by atoms with Crippen LogP contribution >= 0.6 is 0 Å². The molecule has 2 atom stereocenters. The summed E-state index contributed by atoms with van der Waals surface area (Å²) in [7, 11) is 0. The van der Waals surface area contributed by atoms with Crippen LogP contribution in [0.25, 0.3) is 22.3 Å². The third-order valence-electron chi connectivity index (χ3n) is 7.73. The fourth-order valence-corrected chi connectivity index (χ4v) is 5.39. The number of anilines is 1. The summed E-state index contributed by atoms with van der Waals surface area (Å²) in [4.78, 5) is 38.2. The molecule has 4 rings (SSSR count). The summed E-state index contributed by atoms with van der Waals surface area (Å²) in [6, 6.07) is 8.55. The van der Waals surface area contributed by atoms with Gasteiger partial charge in [0.1, 0.15) is 0 Å². The van der Waals surface area contributed by atoms with Gasteiger partial charge in [-0.1, -0.05) is 38.5 Å². The second-order valence-corrected chi connectivity index (χ2v) is 10.4. The lowest BCUT2D eigenvalue weighted by molar-refractivity contribution is -0.136. The number of aromatic amines is 1. The standard InChI is InChI=1S/C28H38N6O2/c1-4-5-20(15-25(35)34-10-8-19(9-11-34)26(29)36)18(3)12-22-13-21(7-6-17(22)2)23-14-24-27(31-16-23)33-28(30)32-24/h6-7,13-14,16,18-20H,4-5,8-12,15H2,1-3H3,(H2,29,36)(H3,30,31,32,33). The number of rotatable bonds is 9. The Morgan fingerprint density at radius 3 is 2.64 bits per heavy atom. The summed E-state index contributed by atoms with van der Waals surface area (Å²) in [6.45, 7) is 7.84. The van der Waals surface area contributed by atoms with Crippen molar-refractivity contribution in [3.63, 3.8) is 0 Å². The van der Waals surface area contributed by atoms with E-state index in [4.69, 9.17) is 11.5 Å². The third kappa shape index (κ3) is 5.86. The zero-order valence-electron chi connectivity index (χ0n) is 21.6. The molecule has 1 saturated heterocycles. The second-order valence-electron chi connectivity index (χ2n) is 10.4. The average Bonchev–Trinajstić information content (AvgIpc) is 3.24. The van der Waals surface area contributed by atoms with Gasteiger partial charge in [-0.2, -0.15) is 4.98 Å². The number of amides is 2. The lowest BCUT2D eigenvalue weighted by atomic mass is 9.81. The van der Waals surface area contributed by atoms with E-state index in [9.17, 15) is 9.59 Å². The van der Waals surface area contributed by atoms with E-state index in [-0.39, 0.29) is 17.7 Å². The van der Waals surface area contributed by atoms with Gasteiger partial charge in [0.15, 0.2) is 11.6 Å². The van der Waals surface area contributed by atoms with E-state index in [0.29, 0.717) is 55.8 Å². The van der Waals surface area contributed by atoms with Crippen molar-refractivity contribution < 1.29 is 9.59 Å². The smallest absolute Gasteiger partial charge is 0.222 e. The number of nitrogen functional groups attached to an aromatic ring is 1. The Morgan fingerprint density at radius 1 is 1.19 bits per heavy atom. The van der Waals surface area contributed by atoms with Crippen LogP contribution in [0.1, 0.15) is 57.1 Å². The second kappa shape index (κ2) is 11.1. The molecule has 3 aromatic rings. The van der Waals surface area contributed by atoms with E-state index in [2.05, 4.69) is 53.9 Å². The number of H-pyrrole nitrogens is 1. The van der Waals surface area contributed by atoms with Crippen LogP contribution in [-0.2, 0) is 16.0 Å². The van der Waals surface area contributed by atoms with Crippen molar-refractivity contribution in [1.29, 1.82) is 0 Å². The van der Waals surface area contributed by atoms with Gasteiger partial charge in [0.05, 0.1) is 5.52 Å². The van der Waals surface area contributed by atoms with Crippen molar-refractivity contribution in [2.75, 3.05) is 18.8 Å². The highest BCUT2D eigenvalue weighted by molar-refractivity contribution is 5.80. The largest absolute Gasteiger partial charge is 0.369 e. The Morgan fingerprint density at radius 2 is 1.94 bits per heavy atom. The monoisotopic (exact) mass is 490 g/mol. The van der Waals surface area contributed by atoms with Gasteiger partial charge in [0, 0.05) is 37.2 Å². The van der Waals surface area contributed by atoms with Gasteiger partial charge < -0.3 is 21.4 Å². The van der Waals surface area contributed by atoms with E-state index < -0.39 is 0 Å². The number of nitrogens with two attached hydrogens (primary N) is 2. The Bertz CT molecular complexity index is 1230. The number of hydrogen-bond donors (Lipinski definition) is 3. The molecule has 1 aliphatic rings. The molecule has 3 heterocycles. The van der Waals surface area contributed by atoms with E-state index in [1.54, 1.807) is 0 Å². The number of carbonyl (C=O) groups excluding carboxylic acids is 2. The number of likely N-dealkylation sites (tertiary alicyclic amines) is 1. The molecule has 1 aromatic carbocycles. The van der Waals surface area contributed by atoms with Crippen LogP contribution in [0.3, 0.4) is 0 Å². The summed E-state index contributed by atoms with van der Waals surface area (Å²) in [6.07, 6.45) is 6.71. The van der Waals surface area contributed by atoms with Crippen molar-refractivity contribution in [3.05, 3.63) is 41.6 Å². The number of piperidine rings is 1. The summed E-state index contributed by atoms with van der Waals surface area (Å²) in [5, 5.41) is 0. The molecule has 1 aliphatic heterocycles. The number of pyridine rings is 1. The highest BCUT2D eigenvalue weighted by Gasteiger charge is 2.28. The van der Waals surface area contributed by atoms with Crippen LogP contribution in [0, 0.1) is 24.7 Å². The van der Waals surface area contributed by atoms with Crippen molar-refractivity contribution in [1.82, 2.24) is 19.9 Å². The number of nitrogens with one attached hydrogen (secondary N) is 1. The number of hydrogen-bond acceptors (Lipinski definition) is 5. The summed E-state index contributed by atoms with van der Waals surface area (Å²) in [5.74, 6) is 0.885. The van der Waals surface area contributed by atoms with Gasteiger partial charge in [0.2, 0.25) is 11.8 Å². The van der Waals surface area contributed by atoms with Gasteiger partial charge in [-0.15, -0.1) is 0 Å². The maximum atomic E-state index is 13.1. The lowest BCUT2D eigenvalue weighted by Crippen LogP contribution is -2.42. The predicted octanol–water partition coefficient (Wildman–Crippen LogP) is 4.22. The molecule has 36 heavy (non-hydrogen) atoms. The normalized spacial score (nSPS) is 16.2. The minimum Gasteiger partial charge on any atom is -0.369 e. The number of fused-ring (bicyclic) bond motifs is 1. The summed E-state index contributed by atoms with van der Waals surface area (Å²) >= 11 is 0. The van der Waals surface area contributed by atoms with Crippen LogP contribution in [0.5, 0.6) is 0 Å². The maximum Gasteiger partial charge on any atom is 0.222 e. The Balaban J connectivity index is 1.45. The number of imidazole rings is 1. The molecule has 1 fully saturated rings. The molecule has 0 spiro atoms. The van der Waals surface area contributed by atoms with Crippen molar-refractivity contribution >= 4 is 28.9 Å². The quantitative estimate of drug-likeness (QED) is 0.413. The van der Waals surface area contributed by atoms with Crippen LogP contribution < -0.4 is 11.5 Å². The van der Waals surface area contributed by atoms with Gasteiger partial charge in [-0.25, -0.2) is 4.98 Å². The van der Waals surface area contributed by atoms with E-state index >= 15 is 0 Å². The van der Waals surface area contributed by atoms with Crippen LogP contribution in [-0.4, -0.2) is 44.8 Å². The third-order valence-corrected chi connectivity index (χ3v) is 7.73. The van der Waals surface area contributed by atoms with Crippen LogP contribution in [0.2, 0.25) is 0 Å². The molecule has 2 amide bonds. The first kappa shape index (κ1) is 25.7. The van der Waals surface area contributed by atoms with E-state index in [1.165, 1.54) is 11.1 Å². The zero-order chi connectivity index (χ0) is 25.8. The zero-order valence-corrected chi connectivity index (χ0v) is 21.6. The number of aromatic nitrogens is 3. The van der Waals surface area contributed by atoms with Gasteiger partial charge >= 0.3 is 0 Å². The van der Waals surface area contributed by atoms with Crippen LogP contribution in [0.15, 0.2) is 30.5 Å². The molecule has 0 saturated carbocycles. The van der Waals surface area contributed by atoms with E-state index in [1.807, 2.05) is 17.2 Å². The number of benzene rings is 1. The molecule has 0 aliphatic carbocycles. The Kier molecular flexibility index (Phi) is 7.91. The van der Waals surface area contributed by atoms with Gasteiger partial charge in [-0.3, -0.25) is 9.59 Å². The molecule has 0 radical (unpaired) electrons. The van der Waals surface area contributed by atoms with Gasteiger partial charge in [-0.05, 0) is 67.2 Å². The molecular weight excluding hydrogens is 452 g/mol. The molecule has 2 aromatic heterocycles. The topological polar surface area (TPSA) is 131 Å². The van der Waals surface area contributed by atoms with Crippen molar-refractivity contribution in [3.8, 4) is 11.1 Å². The highest BCUT2D eigenvalue weighted by atomic mass is 16.2. The summed E-state index contributed by atoms with van der Waals surface area (Å²) < 4.78 is 0. The van der Waals surface area contributed by atoms with Crippen molar-refractivity contribution in [2.24, 2.45) is 23.5 Å². The molecule has 8 heteroatoms. The first-order chi connectivity index (χ1) is 17.2. The number of carbonyl (C=O) groups is 2. The minimum atomic E-state index is -0.249. The van der Waals surface area contributed by atoms with Crippen LogP contribution in [0.4, 0.5) is 5.95 Å². The number of aryl methyl sites for hydroxylation is 1. The molecular formula is C28H38N6O2. The number of nitrogens with zero attached hydrogens (tertiary/aromatic N) is 3. The molecule has 2 unspecified atom stereocenters. The lowest BCUT2D eigenvalue weighted by Gasteiger charge is -2.33. The van der Waals surface area contributed by atoms with Gasteiger partial charge in [0.25, 0.3) is 0 Å². The molecule has 5 N–H and O–H groups in total. The first-order valence-electron chi connectivity index (χ1n) is 13.0. The SMILES string of the molecule is CCCC(CC(=O)N1CCC(C(N)=O)CC1)C(C)Cc1cc(-c2cnc3nc(N)[nH]c3c2)ccc1C. The maximum absolute atomic E-state index is 13.1. The highest BCUT2D eigenvalue weighted by Crippen LogP contribution is 2.30.